The molecule has 0 aromatic heterocycles. The highest BCUT2D eigenvalue weighted by Crippen LogP contribution is 2.26. The van der Waals surface area contributed by atoms with E-state index in [4.69, 9.17) is 0 Å². The smallest absolute Gasteiger partial charge is 0.269 e. The molecule has 1 unspecified atom stereocenters. The Kier molecular flexibility index (Phi) is 5.71. The van der Waals surface area contributed by atoms with E-state index in [1.165, 1.54) is 30.7 Å². The van der Waals surface area contributed by atoms with E-state index in [2.05, 4.69) is 17.1 Å². The van der Waals surface area contributed by atoms with Crippen LogP contribution in [0.4, 0.5) is 11.4 Å². The molecule has 2 aromatic carbocycles. The van der Waals surface area contributed by atoms with Crippen molar-refractivity contribution in [3.63, 3.8) is 0 Å². The van der Waals surface area contributed by atoms with Gasteiger partial charge < -0.3 is 10.4 Å². The number of benzene rings is 2. The van der Waals surface area contributed by atoms with Crippen molar-refractivity contribution in [2.45, 2.75) is 38.8 Å². The van der Waals surface area contributed by atoms with E-state index in [1.807, 2.05) is 0 Å². The highest BCUT2D eigenvalue weighted by Gasteiger charge is 2.19. The molecule has 0 radical (unpaired) electrons. The first-order valence-corrected chi connectivity index (χ1v) is 9.06. The molecule has 1 heterocycles. The van der Waals surface area contributed by atoms with Crippen LogP contribution in [-0.2, 0) is 6.54 Å². The summed E-state index contributed by atoms with van der Waals surface area (Å²) in [5, 5.41) is 23.7. The number of nitrogens with zero attached hydrogens (tertiary/aromatic N) is 2. The van der Waals surface area contributed by atoms with Crippen LogP contribution in [0.2, 0.25) is 0 Å². The lowest BCUT2D eigenvalue weighted by Crippen LogP contribution is -2.36. The Morgan fingerprint density at radius 1 is 1.26 bits per heavy atom. The van der Waals surface area contributed by atoms with E-state index in [-0.39, 0.29) is 17.3 Å². The average Bonchev–Trinajstić information content (AvgIpc) is 2.66. The van der Waals surface area contributed by atoms with Crippen molar-refractivity contribution in [1.29, 1.82) is 0 Å². The topological polar surface area (TPSA) is 95.7 Å². The Hall–Kier alpha value is -2.93. The van der Waals surface area contributed by atoms with Crippen LogP contribution in [-0.4, -0.2) is 33.4 Å². The van der Waals surface area contributed by atoms with Crippen LogP contribution in [0.1, 0.15) is 42.1 Å². The first-order chi connectivity index (χ1) is 12.9. The van der Waals surface area contributed by atoms with E-state index >= 15 is 0 Å². The number of likely N-dealkylation sites (tertiary alicyclic amines) is 1. The highest BCUT2D eigenvalue weighted by molar-refractivity contribution is 6.04. The third-order valence-corrected chi connectivity index (χ3v) is 4.99. The van der Waals surface area contributed by atoms with E-state index in [0.29, 0.717) is 23.8 Å². The molecule has 1 amide bonds. The number of piperidine rings is 1. The summed E-state index contributed by atoms with van der Waals surface area (Å²) < 4.78 is 0. The highest BCUT2D eigenvalue weighted by atomic mass is 16.6. The van der Waals surface area contributed by atoms with Gasteiger partial charge in [-0.15, -0.1) is 0 Å². The zero-order chi connectivity index (χ0) is 19.4. The van der Waals surface area contributed by atoms with Crippen molar-refractivity contribution in [2.75, 3.05) is 11.9 Å². The van der Waals surface area contributed by atoms with Crippen LogP contribution in [0.3, 0.4) is 0 Å². The first-order valence-electron chi connectivity index (χ1n) is 9.06. The van der Waals surface area contributed by atoms with Gasteiger partial charge in [0.05, 0.1) is 4.92 Å². The summed E-state index contributed by atoms with van der Waals surface area (Å²) in [6.07, 6.45) is 3.54. The van der Waals surface area contributed by atoms with Gasteiger partial charge in [0.1, 0.15) is 5.75 Å². The number of phenolic OH excluding ortho intramolecular Hbond substituents is 1. The van der Waals surface area contributed by atoms with Crippen molar-refractivity contribution in [3.05, 3.63) is 63.7 Å². The zero-order valence-electron chi connectivity index (χ0n) is 15.2. The number of amides is 1. The molecule has 142 valence electrons. The number of nitro benzene ring substituents is 1. The van der Waals surface area contributed by atoms with Crippen LogP contribution >= 0.6 is 0 Å². The van der Waals surface area contributed by atoms with Crippen molar-refractivity contribution in [1.82, 2.24) is 4.90 Å². The van der Waals surface area contributed by atoms with Gasteiger partial charge in [-0.1, -0.05) is 6.42 Å². The van der Waals surface area contributed by atoms with Crippen LogP contribution in [0.25, 0.3) is 0 Å². The lowest BCUT2D eigenvalue weighted by atomic mass is 10.0. The number of hydrogen-bond acceptors (Lipinski definition) is 5. The summed E-state index contributed by atoms with van der Waals surface area (Å²) in [4.78, 5) is 24.9. The Morgan fingerprint density at radius 3 is 2.67 bits per heavy atom. The molecule has 0 saturated carbocycles. The van der Waals surface area contributed by atoms with Crippen molar-refractivity contribution in [2.24, 2.45) is 0 Å². The maximum Gasteiger partial charge on any atom is 0.269 e. The van der Waals surface area contributed by atoms with Gasteiger partial charge in [0.2, 0.25) is 0 Å². The molecule has 0 bridgehead atoms. The number of carbonyl (C=O) groups excluding carboxylic acids is 1. The van der Waals surface area contributed by atoms with Crippen LogP contribution in [0.15, 0.2) is 42.5 Å². The molecule has 3 rings (SSSR count). The summed E-state index contributed by atoms with van der Waals surface area (Å²) in [6.45, 7) is 3.82. The summed E-state index contributed by atoms with van der Waals surface area (Å²) in [5.74, 6) is -0.144. The molecule has 1 saturated heterocycles. The third kappa shape index (κ3) is 4.62. The summed E-state index contributed by atoms with van der Waals surface area (Å²) in [5.41, 5.74) is 1.62. The lowest BCUT2D eigenvalue weighted by Gasteiger charge is -2.33. The zero-order valence-corrected chi connectivity index (χ0v) is 15.2. The van der Waals surface area contributed by atoms with Gasteiger partial charge in [-0.25, -0.2) is 0 Å². The van der Waals surface area contributed by atoms with Crippen molar-refractivity contribution >= 4 is 17.3 Å². The standard InChI is InChI=1S/C20H23N3O4/c1-14-4-2-3-11-22(14)13-16-12-17(7-10-19(16)24)21-20(25)15-5-8-18(9-6-15)23(26)27/h5-10,12,14,24H,2-4,11,13H2,1H3,(H,21,25). The van der Waals surface area contributed by atoms with E-state index in [0.717, 1.165) is 24.9 Å². The molecule has 7 heteroatoms. The van der Waals surface area contributed by atoms with Gasteiger partial charge in [-0.05, 0) is 56.6 Å². The number of anilines is 1. The fourth-order valence-corrected chi connectivity index (χ4v) is 3.34. The number of rotatable bonds is 5. The molecule has 0 spiro atoms. The normalized spacial score (nSPS) is 17.4. The van der Waals surface area contributed by atoms with Crippen molar-refractivity contribution < 1.29 is 14.8 Å². The minimum Gasteiger partial charge on any atom is -0.508 e. The molecular formula is C20H23N3O4. The van der Waals surface area contributed by atoms with Gasteiger partial charge in [0.15, 0.2) is 0 Å². The van der Waals surface area contributed by atoms with Crippen LogP contribution in [0, 0.1) is 10.1 Å². The minimum atomic E-state index is -0.504. The molecule has 1 atom stereocenters. The minimum absolute atomic E-state index is 0.0610. The number of phenols is 1. The Bertz CT molecular complexity index is 836. The number of hydrogen-bond donors (Lipinski definition) is 2. The van der Waals surface area contributed by atoms with E-state index < -0.39 is 4.92 Å². The van der Waals surface area contributed by atoms with E-state index in [9.17, 15) is 20.0 Å². The van der Waals surface area contributed by atoms with Gasteiger partial charge in [0, 0.05) is 41.5 Å². The monoisotopic (exact) mass is 369 g/mol. The molecule has 2 N–H and O–H groups in total. The first kappa shape index (κ1) is 18.8. The molecular weight excluding hydrogens is 346 g/mol. The predicted octanol–water partition coefficient (Wildman–Crippen LogP) is 3.93. The van der Waals surface area contributed by atoms with Gasteiger partial charge in [-0.2, -0.15) is 0 Å². The maximum atomic E-state index is 12.4. The number of aromatic hydroxyl groups is 1. The quantitative estimate of drug-likeness (QED) is 0.473. The number of nitro groups is 1. The van der Waals surface area contributed by atoms with Gasteiger partial charge in [-0.3, -0.25) is 19.8 Å². The molecule has 1 aliphatic rings. The van der Waals surface area contributed by atoms with Gasteiger partial charge >= 0.3 is 0 Å². The maximum absolute atomic E-state index is 12.4. The molecule has 27 heavy (non-hydrogen) atoms. The fourth-order valence-electron chi connectivity index (χ4n) is 3.34. The van der Waals surface area contributed by atoms with Gasteiger partial charge in [0.25, 0.3) is 11.6 Å². The van der Waals surface area contributed by atoms with Crippen molar-refractivity contribution in [3.8, 4) is 5.75 Å². The summed E-state index contributed by atoms with van der Waals surface area (Å²) >= 11 is 0. The van der Waals surface area contributed by atoms with Crippen LogP contribution in [0.5, 0.6) is 5.75 Å². The predicted molar refractivity (Wildman–Crippen MR) is 103 cm³/mol. The largest absolute Gasteiger partial charge is 0.508 e. The Morgan fingerprint density at radius 2 is 2.00 bits per heavy atom. The number of carbonyl (C=O) groups is 1. The molecule has 7 nitrogen and oxygen atoms in total. The second kappa shape index (κ2) is 8.18. The second-order valence-electron chi connectivity index (χ2n) is 6.92. The average molecular weight is 369 g/mol. The number of non-ortho nitro benzene ring substituents is 1. The Labute approximate surface area is 157 Å². The SMILES string of the molecule is CC1CCCCN1Cc1cc(NC(=O)c2ccc([N+](=O)[O-])cc2)ccc1O. The summed E-state index contributed by atoms with van der Waals surface area (Å²) in [7, 11) is 0. The second-order valence-corrected chi connectivity index (χ2v) is 6.92. The van der Waals surface area contributed by atoms with E-state index in [1.54, 1.807) is 18.2 Å². The molecule has 1 fully saturated rings. The lowest BCUT2D eigenvalue weighted by molar-refractivity contribution is -0.384. The number of nitrogens with one attached hydrogen (secondary N) is 1. The molecule has 0 aliphatic carbocycles. The Balaban J connectivity index is 1.71. The molecule has 1 aliphatic heterocycles. The van der Waals surface area contributed by atoms with Crippen LogP contribution < -0.4 is 5.32 Å². The fraction of sp³-hybridized carbons (Fsp3) is 0.350. The molecule has 2 aromatic rings. The third-order valence-electron chi connectivity index (χ3n) is 4.99. The summed E-state index contributed by atoms with van der Waals surface area (Å²) in [6, 6.07) is 10.9.